The average molecular weight is 233 g/mol. The molecule has 1 amide bonds. The van der Waals surface area contributed by atoms with Gasteiger partial charge in [-0.3, -0.25) is 4.79 Å². The van der Waals surface area contributed by atoms with E-state index in [0.29, 0.717) is 6.54 Å². The van der Waals surface area contributed by atoms with Gasteiger partial charge in [0.1, 0.15) is 12.6 Å². The minimum absolute atomic E-state index is 0.0224. The molecule has 0 bridgehead atoms. The second kappa shape index (κ2) is 4.99. The van der Waals surface area contributed by atoms with Crippen LogP contribution in [0, 0.1) is 0 Å². The number of benzene rings is 1. The van der Waals surface area contributed by atoms with Crippen LogP contribution >= 0.6 is 0 Å². The molecule has 1 saturated heterocycles. The van der Waals surface area contributed by atoms with Gasteiger partial charge in [-0.15, -0.1) is 0 Å². The number of hydrogen-bond donors (Lipinski definition) is 0. The fourth-order valence-corrected chi connectivity index (χ4v) is 1.89. The molecule has 0 radical (unpaired) electrons. The SMILES string of the molecule is CCN1C(=O)C[C@H]1C(=O)OCc1ccccc1. The second-order valence-electron chi connectivity index (χ2n) is 3.99. The Hall–Kier alpha value is -1.84. The minimum Gasteiger partial charge on any atom is -0.459 e. The Labute approximate surface area is 100 Å². The maximum Gasteiger partial charge on any atom is 0.329 e. The van der Waals surface area contributed by atoms with Gasteiger partial charge in [0.25, 0.3) is 0 Å². The van der Waals surface area contributed by atoms with Gasteiger partial charge in [-0.25, -0.2) is 4.79 Å². The normalized spacial score (nSPS) is 18.8. The van der Waals surface area contributed by atoms with E-state index in [-0.39, 0.29) is 30.9 Å². The number of likely N-dealkylation sites (tertiary alicyclic amines) is 1. The predicted molar refractivity (Wildman–Crippen MR) is 62.0 cm³/mol. The molecular formula is C13H15NO3. The number of hydrogen-bond acceptors (Lipinski definition) is 3. The zero-order valence-electron chi connectivity index (χ0n) is 9.76. The Morgan fingerprint density at radius 1 is 1.41 bits per heavy atom. The van der Waals surface area contributed by atoms with Crippen molar-refractivity contribution in [1.82, 2.24) is 4.90 Å². The van der Waals surface area contributed by atoms with Crippen molar-refractivity contribution in [2.75, 3.05) is 6.54 Å². The van der Waals surface area contributed by atoms with Crippen molar-refractivity contribution in [3.8, 4) is 0 Å². The summed E-state index contributed by atoms with van der Waals surface area (Å²) in [7, 11) is 0. The zero-order chi connectivity index (χ0) is 12.3. The van der Waals surface area contributed by atoms with Crippen LogP contribution in [-0.4, -0.2) is 29.4 Å². The molecule has 17 heavy (non-hydrogen) atoms. The van der Waals surface area contributed by atoms with E-state index in [1.807, 2.05) is 37.3 Å². The van der Waals surface area contributed by atoms with Gasteiger partial charge in [-0.05, 0) is 12.5 Å². The summed E-state index contributed by atoms with van der Waals surface area (Å²) in [6, 6.07) is 9.13. The van der Waals surface area contributed by atoms with Gasteiger partial charge in [-0.1, -0.05) is 30.3 Å². The smallest absolute Gasteiger partial charge is 0.329 e. The predicted octanol–water partition coefficient (Wildman–Crippen LogP) is 1.35. The van der Waals surface area contributed by atoms with Crippen LogP contribution in [0.4, 0.5) is 0 Å². The molecule has 1 fully saturated rings. The number of carbonyl (C=O) groups is 2. The maximum absolute atomic E-state index is 11.7. The van der Waals surface area contributed by atoms with E-state index >= 15 is 0 Å². The van der Waals surface area contributed by atoms with Crippen molar-refractivity contribution in [2.24, 2.45) is 0 Å². The Morgan fingerprint density at radius 2 is 2.12 bits per heavy atom. The molecule has 4 heteroatoms. The topological polar surface area (TPSA) is 46.6 Å². The van der Waals surface area contributed by atoms with Gasteiger partial charge in [-0.2, -0.15) is 0 Å². The first-order valence-corrected chi connectivity index (χ1v) is 5.72. The van der Waals surface area contributed by atoms with Crippen LogP contribution in [0.1, 0.15) is 18.9 Å². The number of likely N-dealkylation sites (N-methyl/N-ethyl adjacent to an activating group) is 1. The summed E-state index contributed by atoms with van der Waals surface area (Å²) in [4.78, 5) is 24.4. The molecule has 1 aliphatic heterocycles. The molecule has 1 aromatic carbocycles. The molecule has 2 rings (SSSR count). The van der Waals surface area contributed by atoms with Crippen molar-refractivity contribution in [2.45, 2.75) is 26.0 Å². The third-order valence-electron chi connectivity index (χ3n) is 2.90. The van der Waals surface area contributed by atoms with Gasteiger partial charge in [0.2, 0.25) is 5.91 Å². The summed E-state index contributed by atoms with van der Waals surface area (Å²) >= 11 is 0. The summed E-state index contributed by atoms with van der Waals surface area (Å²) in [5.74, 6) is -0.288. The van der Waals surface area contributed by atoms with Crippen molar-refractivity contribution >= 4 is 11.9 Å². The minimum atomic E-state index is -0.379. The van der Waals surface area contributed by atoms with Crippen LogP contribution in [0.25, 0.3) is 0 Å². The number of ether oxygens (including phenoxy) is 1. The van der Waals surface area contributed by atoms with E-state index in [1.165, 1.54) is 4.90 Å². The third kappa shape index (κ3) is 2.46. The summed E-state index contributed by atoms with van der Waals surface area (Å²) < 4.78 is 5.18. The molecule has 0 N–H and O–H groups in total. The number of amides is 1. The lowest BCUT2D eigenvalue weighted by Crippen LogP contribution is -2.56. The van der Waals surface area contributed by atoms with Gasteiger partial charge in [0.05, 0.1) is 6.42 Å². The maximum atomic E-state index is 11.7. The molecule has 4 nitrogen and oxygen atoms in total. The van der Waals surface area contributed by atoms with Crippen LogP contribution in [0.5, 0.6) is 0 Å². The first-order chi connectivity index (χ1) is 8.22. The van der Waals surface area contributed by atoms with E-state index in [1.54, 1.807) is 0 Å². The molecule has 1 heterocycles. The summed E-state index contributed by atoms with van der Waals surface area (Å²) in [5, 5.41) is 0. The molecule has 0 aromatic heterocycles. The molecule has 0 unspecified atom stereocenters. The fraction of sp³-hybridized carbons (Fsp3) is 0.385. The summed E-state index contributed by atoms with van der Waals surface area (Å²) in [6.07, 6.45) is 0.279. The second-order valence-corrected chi connectivity index (χ2v) is 3.99. The first kappa shape index (κ1) is 11.6. The highest BCUT2D eigenvalue weighted by atomic mass is 16.5. The molecule has 0 saturated carbocycles. The van der Waals surface area contributed by atoms with Crippen LogP contribution < -0.4 is 0 Å². The van der Waals surface area contributed by atoms with Crippen LogP contribution in [0.2, 0.25) is 0 Å². The average Bonchev–Trinajstić information content (AvgIpc) is 2.35. The Bertz CT molecular complexity index is 416. The van der Waals surface area contributed by atoms with Crippen LogP contribution in [0.3, 0.4) is 0 Å². The largest absolute Gasteiger partial charge is 0.459 e. The molecule has 0 spiro atoms. The number of esters is 1. The van der Waals surface area contributed by atoms with Crippen molar-refractivity contribution in [3.63, 3.8) is 0 Å². The van der Waals surface area contributed by atoms with Crippen molar-refractivity contribution < 1.29 is 14.3 Å². The van der Waals surface area contributed by atoms with Gasteiger partial charge in [0.15, 0.2) is 0 Å². The van der Waals surface area contributed by atoms with E-state index in [0.717, 1.165) is 5.56 Å². The standard InChI is InChI=1S/C13H15NO3/c1-2-14-11(8-12(14)15)13(16)17-9-10-6-4-3-5-7-10/h3-7,11H,2,8-9H2,1H3/t11-/m0/s1. The van der Waals surface area contributed by atoms with Crippen molar-refractivity contribution in [1.29, 1.82) is 0 Å². The highest BCUT2D eigenvalue weighted by Crippen LogP contribution is 2.20. The number of carbonyl (C=O) groups excluding carboxylic acids is 2. The van der Waals surface area contributed by atoms with Gasteiger partial charge in [0, 0.05) is 6.54 Å². The Morgan fingerprint density at radius 3 is 2.71 bits per heavy atom. The number of nitrogens with zero attached hydrogens (tertiary/aromatic N) is 1. The van der Waals surface area contributed by atoms with Gasteiger partial charge >= 0.3 is 5.97 Å². The van der Waals surface area contributed by atoms with E-state index in [2.05, 4.69) is 0 Å². The van der Waals surface area contributed by atoms with Gasteiger partial charge < -0.3 is 9.64 Å². The zero-order valence-corrected chi connectivity index (χ0v) is 9.76. The van der Waals surface area contributed by atoms with Crippen molar-refractivity contribution in [3.05, 3.63) is 35.9 Å². The highest BCUT2D eigenvalue weighted by Gasteiger charge is 2.41. The molecule has 1 aliphatic rings. The third-order valence-corrected chi connectivity index (χ3v) is 2.90. The molecule has 1 atom stereocenters. The van der Waals surface area contributed by atoms with E-state index in [4.69, 9.17) is 4.74 Å². The lowest BCUT2D eigenvalue weighted by atomic mass is 10.0. The van der Waals surface area contributed by atoms with E-state index in [9.17, 15) is 9.59 Å². The van der Waals surface area contributed by atoms with E-state index < -0.39 is 0 Å². The Kier molecular flexibility index (Phi) is 3.42. The molecule has 0 aliphatic carbocycles. The number of rotatable bonds is 4. The fourth-order valence-electron chi connectivity index (χ4n) is 1.89. The lowest BCUT2D eigenvalue weighted by Gasteiger charge is -2.37. The highest BCUT2D eigenvalue weighted by molar-refractivity contribution is 5.94. The molecule has 1 aromatic rings. The summed E-state index contributed by atoms with van der Waals surface area (Å²) in [5.41, 5.74) is 0.953. The quantitative estimate of drug-likeness (QED) is 0.582. The Balaban J connectivity index is 1.84. The first-order valence-electron chi connectivity index (χ1n) is 5.72. The lowest BCUT2D eigenvalue weighted by molar-refractivity contribution is -0.166. The summed E-state index contributed by atoms with van der Waals surface area (Å²) in [6.45, 7) is 2.68. The number of β-lactam (4-membered cyclic amide) rings is 1. The van der Waals surface area contributed by atoms with Crippen LogP contribution in [-0.2, 0) is 20.9 Å². The van der Waals surface area contributed by atoms with Crippen LogP contribution in [0.15, 0.2) is 30.3 Å². The molecule has 90 valence electrons. The monoisotopic (exact) mass is 233 g/mol. The molecular weight excluding hydrogens is 218 g/mol.